The van der Waals surface area contributed by atoms with Gasteiger partial charge in [0.25, 0.3) is 5.91 Å². The minimum Gasteiger partial charge on any atom is -0.490 e. The molecule has 1 amide bonds. The van der Waals surface area contributed by atoms with Crippen molar-refractivity contribution in [3.8, 4) is 5.75 Å². The summed E-state index contributed by atoms with van der Waals surface area (Å²) in [5.74, 6) is 0.248. The maximum Gasteiger partial charge on any atom is 0.309 e. The van der Waals surface area contributed by atoms with Crippen molar-refractivity contribution in [2.24, 2.45) is 0 Å². The van der Waals surface area contributed by atoms with Gasteiger partial charge in [0, 0.05) is 11.3 Å². The van der Waals surface area contributed by atoms with Crippen molar-refractivity contribution in [1.29, 1.82) is 0 Å². The minimum atomic E-state index is -0.251. The second-order valence-corrected chi connectivity index (χ2v) is 6.22. The highest BCUT2D eigenvalue weighted by molar-refractivity contribution is 6.04. The first-order valence-electron chi connectivity index (χ1n) is 8.83. The second-order valence-electron chi connectivity index (χ2n) is 6.22. The monoisotopic (exact) mass is 364 g/mol. The van der Waals surface area contributed by atoms with Gasteiger partial charge in [0.15, 0.2) is 5.69 Å². The van der Waals surface area contributed by atoms with Gasteiger partial charge in [-0.05, 0) is 43.5 Å². The molecule has 1 aliphatic heterocycles. The van der Waals surface area contributed by atoms with Crippen LogP contribution < -0.4 is 10.1 Å². The van der Waals surface area contributed by atoms with Gasteiger partial charge in [-0.15, -0.1) is 0 Å². The fourth-order valence-corrected chi connectivity index (χ4v) is 2.96. The Labute approximate surface area is 157 Å². The first-order chi connectivity index (χ1) is 13.1. The molecule has 1 N–H and O–H groups in total. The van der Waals surface area contributed by atoms with E-state index in [-0.39, 0.29) is 24.4 Å². The zero-order chi connectivity index (χ0) is 19.2. The van der Waals surface area contributed by atoms with E-state index in [0.29, 0.717) is 23.5 Å². The summed E-state index contributed by atoms with van der Waals surface area (Å²) in [5, 5.41) is 2.86. The van der Waals surface area contributed by atoms with E-state index in [1.165, 1.54) is 0 Å². The molecule has 0 bridgehead atoms. The summed E-state index contributed by atoms with van der Waals surface area (Å²) in [7, 11) is 0. The molecule has 2 aromatic carbocycles. The van der Waals surface area contributed by atoms with Gasteiger partial charge >= 0.3 is 5.97 Å². The van der Waals surface area contributed by atoms with Gasteiger partial charge in [-0.3, -0.25) is 9.59 Å². The van der Waals surface area contributed by atoms with Crippen LogP contribution in [-0.2, 0) is 16.0 Å². The maximum absolute atomic E-state index is 12.3. The molecule has 27 heavy (non-hydrogen) atoms. The number of anilines is 1. The molecule has 138 valence electrons. The quantitative estimate of drug-likeness (QED) is 0.640. The molecule has 0 saturated heterocycles. The van der Waals surface area contributed by atoms with E-state index in [1.807, 2.05) is 12.1 Å². The number of aryl methyl sites for hydroxylation is 1. The molecule has 0 radical (unpaired) electrons. The van der Waals surface area contributed by atoms with Crippen molar-refractivity contribution >= 4 is 23.3 Å². The number of carbonyl (C=O) groups excluding carboxylic acids is 2. The number of ether oxygens (including phenoxy) is 2. The van der Waals surface area contributed by atoms with Gasteiger partial charge in [-0.1, -0.05) is 24.3 Å². The Morgan fingerprint density at radius 2 is 2.04 bits per heavy atom. The molecule has 1 unspecified atom stereocenters. The van der Waals surface area contributed by atoms with Gasteiger partial charge in [0.05, 0.1) is 19.6 Å². The lowest BCUT2D eigenvalue weighted by molar-refractivity contribution is -0.145. The third-order valence-corrected chi connectivity index (χ3v) is 4.31. The van der Waals surface area contributed by atoms with Crippen molar-refractivity contribution in [2.75, 3.05) is 11.9 Å². The van der Waals surface area contributed by atoms with Gasteiger partial charge in [-0.2, -0.15) is 0 Å². The lowest BCUT2D eigenvalue weighted by Crippen LogP contribution is -2.26. The molecule has 0 aromatic heterocycles. The highest BCUT2D eigenvalue weighted by atomic mass is 16.5. The summed E-state index contributed by atoms with van der Waals surface area (Å²) < 4.78 is 10.8. The molecule has 3 rings (SSSR count). The standard InChI is InChI=1S/C21H20N2O4/c1-3-26-20(24)13-18-10-6-15-12-17(9-11-19(15)27-18)23-21(25)14-4-7-16(22-2)8-5-14/h4-5,7-9,11-12,18H,3,6,10,13H2,1H3,(H,23,25). The molecule has 0 saturated carbocycles. The molecule has 1 atom stereocenters. The van der Waals surface area contributed by atoms with Gasteiger partial charge in [0.2, 0.25) is 0 Å². The molecule has 0 aliphatic carbocycles. The van der Waals surface area contributed by atoms with Crippen LogP contribution in [0.4, 0.5) is 11.4 Å². The minimum absolute atomic E-state index is 0.182. The van der Waals surface area contributed by atoms with Crippen LogP contribution in [-0.4, -0.2) is 24.6 Å². The van der Waals surface area contributed by atoms with Crippen LogP contribution in [0.25, 0.3) is 4.85 Å². The Morgan fingerprint density at radius 1 is 1.26 bits per heavy atom. The average molecular weight is 364 g/mol. The summed E-state index contributed by atoms with van der Waals surface area (Å²) in [5.41, 5.74) is 2.66. The van der Waals surface area contributed by atoms with Gasteiger partial charge in [0.1, 0.15) is 11.9 Å². The zero-order valence-electron chi connectivity index (χ0n) is 15.0. The summed E-state index contributed by atoms with van der Waals surface area (Å²) in [6.45, 7) is 9.10. The van der Waals surface area contributed by atoms with Crippen molar-refractivity contribution in [2.45, 2.75) is 32.3 Å². The molecule has 6 heteroatoms. The van der Waals surface area contributed by atoms with Crippen molar-refractivity contribution in [3.63, 3.8) is 0 Å². The molecule has 0 fully saturated rings. The fourth-order valence-electron chi connectivity index (χ4n) is 2.96. The third kappa shape index (κ3) is 4.64. The summed E-state index contributed by atoms with van der Waals surface area (Å²) in [4.78, 5) is 27.3. The van der Waals surface area contributed by atoms with Crippen molar-refractivity contribution < 1.29 is 19.1 Å². The second kappa shape index (κ2) is 8.37. The molecule has 0 spiro atoms. The van der Waals surface area contributed by atoms with E-state index in [9.17, 15) is 9.59 Å². The highest BCUT2D eigenvalue weighted by Gasteiger charge is 2.23. The van der Waals surface area contributed by atoms with Gasteiger partial charge < -0.3 is 14.8 Å². The summed E-state index contributed by atoms with van der Waals surface area (Å²) >= 11 is 0. The molecule has 6 nitrogen and oxygen atoms in total. The number of rotatable bonds is 5. The van der Waals surface area contributed by atoms with Crippen LogP contribution in [0.5, 0.6) is 5.75 Å². The third-order valence-electron chi connectivity index (χ3n) is 4.31. The van der Waals surface area contributed by atoms with E-state index in [4.69, 9.17) is 16.0 Å². The normalized spacial score (nSPS) is 15.0. The zero-order valence-corrected chi connectivity index (χ0v) is 15.0. The van der Waals surface area contributed by atoms with E-state index in [2.05, 4.69) is 10.2 Å². The predicted octanol–water partition coefficient (Wildman–Crippen LogP) is 4.14. The maximum atomic E-state index is 12.3. The lowest BCUT2D eigenvalue weighted by Gasteiger charge is -2.26. The Morgan fingerprint density at radius 3 is 2.74 bits per heavy atom. The largest absolute Gasteiger partial charge is 0.490 e. The first-order valence-corrected chi connectivity index (χ1v) is 8.83. The highest BCUT2D eigenvalue weighted by Crippen LogP contribution is 2.31. The first kappa shape index (κ1) is 18.5. The average Bonchev–Trinajstić information content (AvgIpc) is 2.68. The lowest BCUT2D eigenvalue weighted by atomic mass is 10.00. The van der Waals surface area contributed by atoms with Crippen LogP contribution in [0.2, 0.25) is 0 Å². The Hall–Kier alpha value is -3.33. The van der Waals surface area contributed by atoms with Crippen molar-refractivity contribution in [1.82, 2.24) is 0 Å². The fraction of sp³-hybridized carbons (Fsp3) is 0.286. The van der Waals surface area contributed by atoms with Crippen LogP contribution in [0, 0.1) is 6.57 Å². The Kier molecular flexibility index (Phi) is 5.72. The molecular formula is C21H20N2O4. The van der Waals surface area contributed by atoms with Gasteiger partial charge in [-0.25, -0.2) is 4.85 Å². The smallest absolute Gasteiger partial charge is 0.309 e. The Balaban J connectivity index is 1.64. The summed E-state index contributed by atoms with van der Waals surface area (Å²) in [6, 6.07) is 12.0. The molecular weight excluding hydrogens is 344 g/mol. The van der Waals surface area contributed by atoms with Crippen molar-refractivity contribution in [3.05, 3.63) is 65.0 Å². The van der Waals surface area contributed by atoms with Crippen LogP contribution in [0.15, 0.2) is 42.5 Å². The topological polar surface area (TPSA) is 69.0 Å². The van der Waals surface area contributed by atoms with E-state index in [0.717, 1.165) is 24.2 Å². The Bertz CT molecular complexity index is 884. The number of benzene rings is 2. The molecule has 1 aliphatic rings. The number of hydrogen-bond donors (Lipinski definition) is 1. The van der Waals surface area contributed by atoms with Crippen LogP contribution >= 0.6 is 0 Å². The molecule has 2 aromatic rings. The number of fused-ring (bicyclic) bond motifs is 1. The number of amides is 1. The van der Waals surface area contributed by atoms with E-state index in [1.54, 1.807) is 37.3 Å². The number of nitrogens with zero attached hydrogens (tertiary/aromatic N) is 1. The van der Waals surface area contributed by atoms with Crippen LogP contribution in [0.1, 0.15) is 35.7 Å². The SMILES string of the molecule is [C-]#[N+]c1ccc(C(=O)Nc2ccc3c(c2)CCC(CC(=O)OCC)O3)cc1. The number of carbonyl (C=O) groups is 2. The number of hydrogen-bond acceptors (Lipinski definition) is 4. The number of esters is 1. The number of nitrogens with one attached hydrogen (secondary N) is 1. The summed E-state index contributed by atoms with van der Waals surface area (Å²) in [6.07, 6.45) is 1.55. The van der Waals surface area contributed by atoms with Crippen LogP contribution in [0.3, 0.4) is 0 Å². The van der Waals surface area contributed by atoms with E-state index < -0.39 is 0 Å². The predicted molar refractivity (Wildman–Crippen MR) is 101 cm³/mol. The molecule has 1 heterocycles. The van der Waals surface area contributed by atoms with E-state index >= 15 is 0 Å².